The third-order valence-corrected chi connectivity index (χ3v) is 4.36. The minimum atomic E-state index is -0.282. The number of nitrogens with zero attached hydrogens (tertiary/aromatic N) is 2. The van der Waals surface area contributed by atoms with Gasteiger partial charge in [0.2, 0.25) is 5.91 Å². The first-order chi connectivity index (χ1) is 11.9. The van der Waals surface area contributed by atoms with Crippen LogP contribution in [0.5, 0.6) is 0 Å². The molecule has 7 nitrogen and oxygen atoms in total. The van der Waals surface area contributed by atoms with E-state index >= 15 is 0 Å². The van der Waals surface area contributed by atoms with Crippen molar-refractivity contribution in [3.05, 3.63) is 28.8 Å². The molecular weight excluding hydrogens is 344 g/mol. The molecule has 0 unspecified atom stereocenters. The van der Waals surface area contributed by atoms with E-state index in [0.717, 1.165) is 6.42 Å². The highest BCUT2D eigenvalue weighted by Gasteiger charge is 2.20. The Morgan fingerprint density at radius 1 is 1.12 bits per heavy atom. The van der Waals surface area contributed by atoms with Gasteiger partial charge in [-0.3, -0.25) is 9.59 Å². The Hall–Kier alpha value is -2.28. The quantitative estimate of drug-likeness (QED) is 0.860. The second kappa shape index (κ2) is 8.71. The summed E-state index contributed by atoms with van der Waals surface area (Å²) in [5, 5.41) is 5.81. The van der Waals surface area contributed by atoms with Crippen LogP contribution >= 0.6 is 11.6 Å². The minimum absolute atomic E-state index is 0.0199. The van der Waals surface area contributed by atoms with Crippen LogP contribution in [0.4, 0.5) is 10.5 Å². The predicted octanol–water partition coefficient (Wildman–Crippen LogP) is 2.18. The Balaban J connectivity index is 2.04. The molecule has 25 heavy (non-hydrogen) atoms. The van der Waals surface area contributed by atoms with Crippen molar-refractivity contribution >= 4 is 35.1 Å². The first kappa shape index (κ1) is 19.1. The van der Waals surface area contributed by atoms with Crippen molar-refractivity contribution < 1.29 is 14.4 Å². The summed E-state index contributed by atoms with van der Waals surface area (Å²) < 4.78 is 0. The molecule has 0 atom stereocenters. The maximum absolute atomic E-state index is 12.5. The maximum atomic E-state index is 12.5. The van der Waals surface area contributed by atoms with E-state index in [9.17, 15) is 14.4 Å². The summed E-state index contributed by atoms with van der Waals surface area (Å²) in [5.41, 5.74) is 0.822. The van der Waals surface area contributed by atoms with Crippen molar-refractivity contribution in [3.63, 3.8) is 0 Å². The largest absolute Gasteiger partial charge is 0.352 e. The summed E-state index contributed by atoms with van der Waals surface area (Å²) in [7, 11) is 0. The van der Waals surface area contributed by atoms with Crippen LogP contribution < -0.4 is 10.6 Å². The molecule has 0 saturated carbocycles. The minimum Gasteiger partial charge on any atom is -0.352 e. The Morgan fingerprint density at radius 3 is 2.48 bits per heavy atom. The summed E-state index contributed by atoms with van der Waals surface area (Å²) in [5.74, 6) is -0.262. The van der Waals surface area contributed by atoms with Gasteiger partial charge < -0.3 is 20.4 Å². The highest BCUT2D eigenvalue weighted by molar-refractivity contribution is 6.34. The number of anilines is 1. The Morgan fingerprint density at radius 2 is 1.80 bits per heavy atom. The molecule has 1 heterocycles. The second-order valence-electron chi connectivity index (χ2n) is 5.83. The van der Waals surface area contributed by atoms with Crippen LogP contribution in [-0.2, 0) is 4.79 Å². The molecule has 1 aromatic rings. The van der Waals surface area contributed by atoms with Gasteiger partial charge in [-0.15, -0.1) is 0 Å². The van der Waals surface area contributed by atoms with Gasteiger partial charge in [0.1, 0.15) is 0 Å². The molecule has 2 N–H and O–H groups in total. The van der Waals surface area contributed by atoms with E-state index in [1.54, 1.807) is 28.0 Å². The van der Waals surface area contributed by atoms with E-state index in [-0.39, 0.29) is 17.8 Å². The molecule has 0 spiro atoms. The van der Waals surface area contributed by atoms with Crippen LogP contribution in [0.1, 0.15) is 30.6 Å². The molecule has 8 heteroatoms. The van der Waals surface area contributed by atoms with E-state index in [2.05, 4.69) is 10.6 Å². The third-order valence-electron chi connectivity index (χ3n) is 4.03. The number of nitrogens with one attached hydrogen (secondary N) is 2. The summed E-state index contributed by atoms with van der Waals surface area (Å²) in [6, 6.07) is 4.55. The van der Waals surface area contributed by atoms with E-state index in [1.165, 1.54) is 6.92 Å². The Labute approximate surface area is 152 Å². The van der Waals surface area contributed by atoms with Gasteiger partial charge in [0, 0.05) is 45.3 Å². The van der Waals surface area contributed by atoms with Gasteiger partial charge in [-0.05, 0) is 31.5 Å². The van der Waals surface area contributed by atoms with E-state index in [0.29, 0.717) is 49.0 Å². The smallest absolute Gasteiger partial charge is 0.321 e. The van der Waals surface area contributed by atoms with Gasteiger partial charge in [0.05, 0.1) is 10.6 Å². The standard InChI is InChI=1S/C17H23ClN4O3/c1-3-19-16(24)14-11-13(5-6-15(14)18)20-17(25)22-8-4-7-21(9-10-22)12(2)23/h5-6,11H,3-4,7-10H2,1-2H3,(H,19,24)(H,20,25). The molecule has 0 radical (unpaired) electrons. The monoisotopic (exact) mass is 366 g/mol. The highest BCUT2D eigenvalue weighted by atomic mass is 35.5. The molecule has 2 rings (SSSR count). The molecule has 1 aromatic carbocycles. The summed E-state index contributed by atoms with van der Waals surface area (Å²) in [4.78, 5) is 39.3. The first-order valence-corrected chi connectivity index (χ1v) is 8.69. The molecule has 1 saturated heterocycles. The number of carbonyl (C=O) groups excluding carboxylic acids is 3. The fourth-order valence-electron chi connectivity index (χ4n) is 2.67. The molecule has 1 aliphatic heterocycles. The molecule has 1 aliphatic rings. The van der Waals surface area contributed by atoms with Crippen molar-refractivity contribution in [3.8, 4) is 0 Å². The van der Waals surface area contributed by atoms with Crippen LogP contribution in [-0.4, -0.2) is 60.4 Å². The number of hydrogen-bond acceptors (Lipinski definition) is 3. The summed E-state index contributed by atoms with van der Waals surface area (Å²) in [6.07, 6.45) is 0.734. The lowest BCUT2D eigenvalue weighted by molar-refractivity contribution is -0.128. The number of amides is 4. The molecule has 0 bridgehead atoms. The predicted molar refractivity (Wildman–Crippen MR) is 96.9 cm³/mol. The molecule has 0 aliphatic carbocycles. The van der Waals surface area contributed by atoms with Crippen molar-refractivity contribution in [1.82, 2.24) is 15.1 Å². The van der Waals surface area contributed by atoms with Gasteiger partial charge in [-0.25, -0.2) is 4.79 Å². The van der Waals surface area contributed by atoms with Crippen molar-refractivity contribution in [2.24, 2.45) is 0 Å². The third kappa shape index (κ3) is 5.09. The van der Waals surface area contributed by atoms with Gasteiger partial charge >= 0.3 is 6.03 Å². The van der Waals surface area contributed by atoms with Crippen molar-refractivity contribution in [1.29, 1.82) is 0 Å². The highest BCUT2D eigenvalue weighted by Crippen LogP contribution is 2.21. The van der Waals surface area contributed by atoms with Crippen molar-refractivity contribution in [2.75, 3.05) is 38.0 Å². The average molecular weight is 367 g/mol. The van der Waals surface area contributed by atoms with Crippen LogP contribution in [0, 0.1) is 0 Å². The summed E-state index contributed by atoms with van der Waals surface area (Å²) >= 11 is 6.06. The van der Waals surface area contributed by atoms with E-state index < -0.39 is 0 Å². The second-order valence-corrected chi connectivity index (χ2v) is 6.24. The van der Waals surface area contributed by atoms with Gasteiger partial charge in [0.25, 0.3) is 5.91 Å². The fraction of sp³-hybridized carbons (Fsp3) is 0.471. The van der Waals surface area contributed by atoms with Gasteiger partial charge in [-0.1, -0.05) is 11.6 Å². The molecular formula is C17H23ClN4O3. The molecule has 136 valence electrons. The number of hydrogen-bond donors (Lipinski definition) is 2. The molecule has 4 amide bonds. The average Bonchev–Trinajstić information content (AvgIpc) is 2.83. The topological polar surface area (TPSA) is 81.8 Å². The zero-order chi connectivity index (χ0) is 18.4. The zero-order valence-corrected chi connectivity index (χ0v) is 15.2. The van der Waals surface area contributed by atoms with Crippen LogP contribution in [0.25, 0.3) is 0 Å². The van der Waals surface area contributed by atoms with Crippen LogP contribution in [0.3, 0.4) is 0 Å². The van der Waals surface area contributed by atoms with Gasteiger partial charge in [-0.2, -0.15) is 0 Å². The fourth-order valence-corrected chi connectivity index (χ4v) is 2.87. The zero-order valence-electron chi connectivity index (χ0n) is 14.5. The van der Waals surface area contributed by atoms with Crippen LogP contribution in [0.2, 0.25) is 5.02 Å². The van der Waals surface area contributed by atoms with E-state index in [1.807, 2.05) is 6.92 Å². The van der Waals surface area contributed by atoms with Gasteiger partial charge in [0.15, 0.2) is 0 Å². The Kier molecular flexibility index (Phi) is 6.64. The van der Waals surface area contributed by atoms with Crippen molar-refractivity contribution in [2.45, 2.75) is 20.3 Å². The lowest BCUT2D eigenvalue weighted by Crippen LogP contribution is -2.38. The normalized spacial score (nSPS) is 14.7. The number of carbonyl (C=O) groups is 3. The number of urea groups is 1. The van der Waals surface area contributed by atoms with Crippen LogP contribution in [0.15, 0.2) is 18.2 Å². The number of benzene rings is 1. The lowest BCUT2D eigenvalue weighted by atomic mass is 10.2. The molecule has 0 aromatic heterocycles. The first-order valence-electron chi connectivity index (χ1n) is 8.31. The van der Waals surface area contributed by atoms with E-state index in [4.69, 9.17) is 11.6 Å². The number of rotatable bonds is 3. The number of halogens is 1. The maximum Gasteiger partial charge on any atom is 0.321 e. The lowest BCUT2D eigenvalue weighted by Gasteiger charge is -2.22. The Bertz CT molecular complexity index is 665. The summed E-state index contributed by atoms with van der Waals surface area (Å²) in [6.45, 7) is 6.07. The SMILES string of the molecule is CCNC(=O)c1cc(NC(=O)N2CCCN(C(C)=O)CC2)ccc1Cl. The molecule has 1 fully saturated rings.